The van der Waals surface area contributed by atoms with Gasteiger partial charge in [-0.3, -0.25) is 0 Å². The van der Waals surface area contributed by atoms with Gasteiger partial charge in [-0.2, -0.15) is 0 Å². The maximum atomic E-state index is 12.4. The molecule has 0 bridgehead atoms. The normalized spacial score (nSPS) is 15.1. The summed E-state index contributed by atoms with van der Waals surface area (Å²) in [5.41, 5.74) is 4.88. The van der Waals surface area contributed by atoms with Crippen LogP contribution in [0.2, 0.25) is 0 Å². The quantitative estimate of drug-likeness (QED) is 0.551. The van der Waals surface area contributed by atoms with Crippen LogP contribution in [0.5, 0.6) is 0 Å². The van der Waals surface area contributed by atoms with E-state index in [1.165, 1.54) is 16.7 Å². The van der Waals surface area contributed by atoms with Gasteiger partial charge in [0.25, 0.3) is 0 Å². The standard InChI is InChI=1S/C20H21NO.2ClH.Ti/c1-2-7-20(22)21-14-16-9-4-6-11-18(16)19-13-12-15-8-3-5-10-17(15)19;;;/h3-6,8-13,19H,2,7,14H2,1H3,(H,21,22);2*1H;/q;;;+3/p-3. The van der Waals surface area contributed by atoms with Crippen LogP contribution in [0.15, 0.2) is 54.6 Å². The van der Waals surface area contributed by atoms with E-state index in [-0.39, 0.29) is 11.8 Å². The number of fused-ring (bicyclic) bond motifs is 1. The van der Waals surface area contributed by atoms with Gasteiger partial charge in [0.15, 0.2) is 0 Å². The molecular weight excluding hydrogens is 389 g/mol. The SMILES string of the molecule is CCCC(=O)[N](Cc1ccccc1C1C=Cc2ccccc21)[Ti]([Cl])[Cl]. The van der Waals surface area contributed by atoms with Crippen LogP contribution in [-0.2, 0) is 27.3 Å². The number of nitrogens with zero attached hydrogens (tertiary/aromatic N) is 1. The molecule has 1 aliphatic rings. The van der Waals surface area contributed by atoms with Crippen LogP contribution >= 0.6 is 18.6 Å². The fourth-order valence-electron chi connectivity index (χ4n) is 3.26. The average Bonchev–Trinajstić information content (AvgIpc) is 3.04. The van der Waals surface area contributed by atoms with E-state index in [1.54, 1.807) is 3.38 Å². The second-order valence-corrected chi connectivity index (χ2v) is 11.5. The number of amides is 1. The topological polar surface area (TPSA) is 20.3 Å². The van der Waals surface area contributed by atoms with Crippen LogP contribution in [0.1, 0.15) is 47.9 Å². The van der Waals surface area contributed by atoms with Crippen molar-refractivity contribution in [2.45, 2.75) is 32.2 Å². The number of halogens is 2. The van der Waals surface area contributed by atoms with Crippen molar-refractivity contribution in [3.8, 4) is 0 Å². The molecule has 0 aromatic heterocycles. The first-order chi connectivity index (χ1) is 12.1. The summed E-state index contributed by atoms with van der Waals surface area (Å²) >= 11 is -2.54. The number of allylic oxidation sites excluding steroid dienone is 1. The molecule has 1 amide bonds. The molecule has 0 saturated carbocycles. The Morgan fingerprint density at radius 1 is 1.08 bits per heavy atom. The van der Waals surface area contributed by atoms with Crippen molar-refractivity contribution >= 4 is 30.6 Å². The van der Waals surface area contributed by atoms with E-state index < -0.39 is 16.0 Å². The third-order valence-electron chi connectivity index (χ3n) is 4.49. The summed E-state index contributed by atoms with van der Waals surface area (Å²) in [5, 5.41) is 0. The van der Waals surface area contributed by atoms with Crippen LogP contribution in [0, 0.1) is 0 Å². The molecule has 2 nitrogen and oxygen atoms in total. The van der Waals surface area contributed by atoms with E-state index in [0.717, 1.165) is 12.0 Å². The molecule has 1 aliphatic carbocycles. The van der Waals surface area contributed by atoms with Crippen LogP contribution in [0.25, 0.3) is 6.08 Å². The van der Waals surface area contributed by atoms with Crippen molar-refractivity contribution in [1.29, 1.82) is 0 Å². The molecule has 0 fully saturated rings. The zero-order valence-electron chi connectivity index (χ0n) is 14.1. The molecule has 2 aromatic rings. The van der Waals surface area contributed by atoms with Crippen molar-refractivity contribution < 1.29 is 20.8 Å². The van der Waals surface area contributed by atoms with Gasteiger partial charge < -0.3 is 0 Å². The van der Waals surface area contributed by atoms with E-state index in [0.29, 0.717) is 13.0 Å². The summed E-state index contributed by atoms with van der Waals surface area (Å²) in [6, 6.07) is 16.7. The molecule has 0 radical (unpaired) electrons. The van der Waals surface area contributed by atoms with Gasteiger partial charge >= 0.3 is 164 Å². The molecule has 0 N–H and O–H groups in total. The average molecular weight is 409 g/mol. The molecular formula is C20H20Cl2NOTi. The number of benzene rings is 2. The fraction of sp³-hybridized carbons (Fsp3) is 0.250. The van der Waals surface area contributed by atoms with Gasteiger partial charge in [-0.05, 0) is 0 Å². The van der Waals surface area contributed by atoms with Crippen molar-refractivity contribution in [3.63, 3.8) is 0 Å². The third-order valence-corrected chi connectivity index (χ3v) is 7.44. The molecule has 1 unspecified atom stereocenters. The van der Waals surface area contributed by atoms with E-state index in [1.807, 2.05) is 19.1 Å². The Hall–Kier alpha value is -1.06. The predicted molar refractivity (Wildman–Crippen MR) is 101 cm³/mol. The van der Waals surface area contributed by atoms with E-state index >= 15 is 0 Å². The van der Waals surface area contributed by atoms with Gasteiger partial charge in [-0.25, -0.2) is 0 Å². The van der Waals surface area contributed by atoms with Crippen LogP contribution in [0.3, 0.4) is 0 Å². The van der Waals surface area contributed by atoms with E-state index in [9.17, 15) is 4.79 Å². The van der Waals surface area contributed by atoms with Crippen LogP contribution in [0.4, 0.5) is 0 Å². The Morgan fingerprint density at radius 2 is 1.76 bits per heavy atom. The van der Waals surface area contributed by atoms with Crippen LogP contribution < -0.4 is 0 Å². The number of carbonyl (C=O) groups is 1. The summed E-state index contributed by atoms with van der Waals surface area (Å²) in [6.07, 6.45) is 5.68. The Labute approximate surface area is 163 Å². The Bertz CT molecular complexity index is 791. The van der Waals surface area contributed by atoms with E-state index in [4.69, 9.17) is 18.6 Å². The summed E-state index contributed by atoms with van der Waals surface area (Å²) in [6.45, 7) is 2.48. The van der Waals surface area contributed by atoms with Gasteiger partial charge in [0.1, 0.15) is 0 Å². The molecule has 1 atom stereocenters. The van der Waals surface area contributed by atoms with Gasteiger partial charge in [-0.1, -0.05) is 0 Å². The summed E-state index contributed by atoms with van der Waals surface area (Å²) in [5.74, 6) is 0.268. The Kier molecular flexibility index (Phi) is 6.41. The molecule has 0 saturated heterocycles. The first-order valence-corrected chi connectivity index (χ1v) is 13.4. The van der Waals surface area contributed by atoms with Crippen molar-refractivity contribution in [3.05, 3.63) is 76.9 Å². The monoisotopic (exact) mass is 408 g/mol. The summed E-state index contributed by atoms with van der Waals surface area (Å²) in [7, 11) is 12.5. The number of rotatable bonds is 6. The molecule has 3 rings (SSSR count). The number of hydrogen-bond acceptors (Lipinski definition) is 1. The van der Waals surface area contributed by atoms with Crippen molar-refractivity contribution in [2.24, 2.45) is 0 Å². The number of hydrogen-bond donors (Lipinski definition) is 0. The fourth-order valence-corrected chi connectivity index (χ4v) is 5.46. The van der Waals surface area contributed by atoms with Gasteiger partial charge in [0, 0.05) is 0 Å². The van der Waals surface area contributed by atoms with Gasteiger partial charge in [0.05, 0.1) is 0 Å². The maximum absolute atomic E-state index is 12.4. The molecule has 129 valence electrons. The van der Waals surface area contributed by atoms with Crippen LogP contribution in [-0.4, -0.2) is 9.29 Å². The van der Waals surface area contributed by atoms with Gasteiger partial charge in [-0.15, -0.1) is 0 Å². The van der Waals surface area contributed by atoms with Gasteiger partial charge in [0.2, 0.25) is 0 Å². The molecule has 5 heteroatoms. The summed E-state index contributed by atoms with van der Waals surface area (Å²) in [4.78, 5) is 12.4. The molecule has 25 heavy (non-hydrogen) atoms. The molecule has 0 heterocycles. The summed E-state index contributed by atoms with van der Waals surface area (Å²) < 4.78 is 1.70. The third kappa shape index (κ3) is 4.20. The Morgan fingerprint density at radius 3 is 2.48 bits per heavy atom. The van der Waals surface area contributed by atoms with E-state index in [2.05, 4.69) is 48.6 Å². The van der Waals surface area contributed by atoms with Crippen molar-refractivity contribution in [1.82, 2.24) is 3.38 Å². The first kappa shape index (κ1) is 18.7. The first-order valence-electron chi connectivity index (χ1n) is 8.45. The molecule has 0 aliphatic heterocycles. The number of carbonyl (C=O) groups excluding carboxylic acids is 1. The second-order valence-electron chi connectivity index (χ2n) is 6.13. The predicted octanol–water partition coefficient (Wildman–Crippen LogP) is 5.81. The molecule has 2 aromatic carbocycles. The minimum atomic E-state index is -2.54. The second kappa shape index (κ2) is 8.55. The van der Waals surface area contributed by atoms with Crippen molar-refractivity contribution in [2.75, 3.05) is 0 Å². The zero-order chi connectivity index (χ0) is 17.8. The Balaban J connectivity index is 1.92. The molecule has 0 spiro atoms. The zero-order valence-corrected chi connectivity index (χ0v) is 17.2. The minimum absolute atomic E-state index is 0.0552.